The van der Waals surface area contributed by atoms with Gasteiger partial charge >= 0.3 is 0 Å². The molecule has 148 valence electrons. The van der Waals surface area contributed by atoms with Gasteiger partial charge in [-0.15, -0.1) is 0 Å². The van der Waals surface area contributed by atoms with E-state index in [0.29, 0.717) is 0 Å². The zero-order valence-electron chi connectivity index (χ0n) is 16.3. The Labute approximate surface area is 178 Å². The van der Waals surface area contributed by atoms with E-state index >= 15 is 0 Å². The second-order valence-electron chi connectivity index (χ2n) is 7.66. The second kappa shape index (κ2) is 6.97. The van der Waals surface area contributed by atoms with E-state index in [1.54, 1.807) is 0 Å². The Morgan fingerprint density at radius 1 is 0.867 bits per heavy atom. The quantitative estimate of drug-likeness (QED) is 0.453. The van der Waals surface area contributed by atoms with E-state index in [-0.39, 0.29) is 0 Å². The Hall–Kier alpha value is -3.15. The van der Waals surface area contributed by atoms with Gasteiger partial charge in [-0.05, 0) is 30.3 Å². The number of imidazole rings is 1. The number of anilines is 1. The first-order valence-corrected chi connectivity index (χ1v) is 10.6. The molecular formula is C24H20ClN5. The molecule has 0 unspecified atom stereocenters. The Kier molecular flexibility index (Phi) is 4.11. The molecular weight excluding hydrogens is 394 g/mol. The summed E-state index contributed by atoms with van der Waals surface area (Å²) in [5, 5.41) is 11.4. The Morgan fingerprint density at radius 3 is 2.43 bits per heavy atom. The molecule has 5 aromatic rings. The fraction of sp³-hybridized carbons (Fsp3) is 0.167. The van der Waals surface area contributed by atoms with E-state index < -0.39 is 0 Å². The Bertz CT molecular complexity index is 1380. The van der Waals surface area contributed by atoms with E-state index in [0.717, 1.165) is 69.9 Å². The summed E-state index contributed by atoms with van der Waals surface area (Å²) in [6.45, 7) is 4.03. The van der Waals surface area contributed by atoms with Crippen LogP contribution in [0.2, 0.25) is 5.02 Å². The highest BCUT2D eigenvalue weighted by Crippen LogP contribution is 2.32. The summed E-state index contributed by atoms with van der Waals surface area (Å²) in [5.74, 6) is 0. The number of benzene rings is 3. The van der Waals surface area contributed by atoms with Crippen LogP contribution in [0.4, 0.5) is 5.69 Å². The van der Waals surface area contributed by atoms with Gasteiger partial charge < -0.3 is 10.2 Å². The largest absolute Gasteiger partial charge is 0.369 e. The molecule has 2 aromatic heterocycles. The molecule has 3 aromatic carbocycles. The minimum absolute atomic E-state index is 0.720. The van der Waals surface area contributed by atoms with E-state index in [1.807, 2.05) is 34.8 Å². The Balaban J connectivity index is 1.63. The van der Waals surface area contributed by atoms with Crippen LogP contribution in [0.15, 0.2) is 66.7 Å². The minimum Gasteiger partial charge on any atom is -0.369 e. The summed E-state index contributed by atoms with van der Waals surface area (Å²) in [7, 11) is 0. The van der Waals surface area contributed by atoms with E-state index in [2.05, 4.69) is 46.6 Å². The maximum Gasteiger partial charge on any atom is 0.162 e. The SMILES string of the molecule is Clc1ccc(-c2nn3c4cc(N5CCNCC5)ccc4nc3c3ccccc23)cc1. The number of rotatable bonds is 2. The predicted octanol–water partition coefficient (Wildman–Crippen LogP) is 4.77. The van der Waals surface area contributed by atoms with Crippen LogP contribution in [-0.2, 0) is 0 Å². The molecule has 0 aliphatic carbocycles. The standard InChI is InChI=1S/C24H20ClN5/c25-17-7-5-16(6-8-17)23-19-3-1-2-4-20(19)24-27-21-10-9-18(15-22(21)30(24)28-23)29-13-11-26-12-14-29/h1-10,15,26H,11-14H2. The number of nitrogens with zero attached hydrogens (tertiary/aromatic N) is 4. The third kappa shape index (κ3) is 2.82. The first-order valence-electron chi connectivity index (χ1n) is 10.2. The highest BCUT2D eigenvalue weighted by molar-refractivity contribution is 6.30. The van der Waals surface area contributed by atoms with Crippen LogP contribution in [0.5, 0.6) is 0 Å². The molecule has 30 heavy (non-hydrogen) atoms. The summed E-state index contributed by atoms with van der Waals surface area (Å²) in [6, 6.07) is 22.7. The van der Waals surface area contributed by atoms with Crippen LogP contribution in [0, 0.1) is 0 Å². The van der Waals surface area contributed by atoms with Gasteiger partial charge in [-0.1, -0.05) is 48.0 Å². The summed E-state index contributed by atoms with van der Waals surface area (Å²) in [4.78, 5) is 7.34. The maximum absolute atomic E-state index is 6.12. The summed E-state index contributed by atoms with van der Waals surface area (Å²) >= 11 is 6.12. The van der Waals surface area contributed by atoms with Crippen molar-refractivity contribution < 1.29 is 0 Å². The van der Waals surface area contributed by atoms with Gasteiger partial charge in [0.15, 0.2) is 5.65 Å². The van der Waals surface area contributed by atoms with Gasteiger partial charge in [-0.3, -0.25) is 0 Å². The predicted molar refractivity (Wildman–Crippen MR) is 124 cm³/mol. The molecule has 0 bridgehead atoms. The molecule has 1 N–H and O–H groups in total. The van der Waals surface area contributed by atoms with Crippen molar-refractivity contribution in [2.24, 2.45) is 0 Å². The van der Waals surface area contributed by atoms with Crippen molar-refractivity contribution in [1.82, 2.24) is 19.9 Å². The smallest absolute Gasteiger partial charge is 0.162 e. The van der Waals surface area contributed by atoms with Crippen LogP contribution >= 0.6 is 11.6 Å². The molecule has 1 aliphatic rings. The van der Waals surface area contributed by atoms with Crippen molar-refractivity contribution in [3.05, 3.63) is 71.8 Å². The van der Waals surface area contributed by atoms with Crippen molar-refractivity contribution in [3.8, 4) is 11.3 Å². The molecule has 6 heteroatoms. The number of piperazine rings is 1. The highest BCUT2D eigenvalue weighted by Gasteiger charge is 2.17. The maximum atomic E-state index is 6.12. The van der Waals surface area contributed by atoms with Crippen LogP contribution in [0.25, 0.3) is 38.7 Å². The zero-order valence-corrected chi connectivity index (χ0v) is 17.1. The fourth-order valence-electron chi connectivity index (χ4n) is 4.31. The fourth-order valence-corrected chi connectivity index (χ4v) is 4.43. The highest BCUT2D eigenvalue weighted by atomic mass is 35.5. The number of fused-ring (bicyclic) bond motifs is 5. The van der Waals surface area contributed by atoms with Gasteiger partial charge in [0.25, 0.3) is 0 Å². The van der Waals surface area contributed by atoms with Gasteiger partial charge in [0.2, 0.25) is 0 Å². The zero-order chi connectivity index (χ0) is 20.1. The molecule has 1 aliphatic heterocycles. The molecule has 1 saturated heterocycles. The first kappa shape index (κ1) is 17.7. The second-order valence-corrected chi connectivity index (χ2v) is 8.09. The lowest BCUT2D eigenvalue weighted by atomic mass is 10.1. The van der Waals surface area contributed by atoms with Crippen molar-refractivity contribution in [3.63, 3.8) is 0 Å². The van der Waals surface area contributed by atoms with Crippen molar-refractivity contribution in [2.75, 3.05) is 31.1 Å². The average molecular weight is 414 g/mol. The van der Waals surface area contributed by atoms with E-state index in [9.17, 15) is 0 Å². The molecule has 3 heterocycles. The summed E-state index contributed by atoms with van der Waals surface area (Å²) in [6.07, 6.45) is 0. The summed E-state index contributed by atoms with van der Waals surface area (Å²) in [5.41, 5.74) is 6.06. The van der Waals surface area contributed by atoms with E-state index in [1.165, 1.54) is 5.69 Å². The molecule has 5 nitrogen and oxygen atoms in total. The van der Waals surface area contributed by atoms with Crippen LogP contribution < -0.4 is 10.2 Å². The number of nitrogens with one attached hydrogen (secondary N) is 1. The van der Waals surface area contributed by atoms with Gasteiger partial charge in [-0.2, -0.15) is 5.10 Å². The monoisotopic (exact) mass is 413 g/mol. The lowest BCUT2D eigenvalue weighted by Gasteiger charge is -2.29. The first-order chi connectivity index (χ1) is 14.8. The topological polar surface area (TPSA) is 45.5 Å². The number of aromatic nitrogens is 3. The molecule has 0 saturated carbocycles. The molecule has 0 spiro atoms. The third-order valence-electron chi connectivity index (χ3n) is 5.84. The van der Waals surface area contributed by atoms with Crippen molar-refractivity contribution in [2.45, 2.75) is 0 Å². The van der Waals surface area contributed by atoms with Gasteiger partial charge in [-0.25, -0.2) is 9.50 Å². The van der Waals surface area contributed by atoms with Gasteiger partial charge in [0.1, 0.15) is 0 Å². The van der Waals surface area contributed by atoms with Crippen molar-refractivity contribution >= 4 is 44.7 Å². The van der Waals surface area contributed by atoms with Crippen LogP contribution in [0.1, 0.15) is 0 Å². The normalized spacial score (nSPS) is 14.8. The molecule has 6 rings (SSSR count). The van der Waals surface area contributed by atoms with Gasteiger partial charge in [0.05, 0.1) is 16.7 Å². The number of halogens is 1. The Morgan fingerprint density at radius 2 is 1.63 bits per heavy atom. The minimum atomic E-state index is 0.720. The molecule has 0 atom stereocenters. The third-order valence-corrected chi connectivity index (χ3v) is 6.09. The lowest BCUT2D eigenvalue weighted by molar-refractivity contribution is 0.589. The van der Waals surface area contributed by atoms with Crippen LogP contribution in [0.3, 0.4) is 0 Å². The van der Waals surface area contributed by atoms with Crippen molar-refractivity contribution in [1.29, 1.82) is 0 Å². The molecule has 1 fully saturated rings. The molecule has 0 amide bonds. The number of hydrogen-bond donors (Lipinski definition) is 1. The average Bonchev–Trinajstić information content (AvgIpc) is 3.18. The number of hydrogen-bond acceptors (Lipinski definition) is 4. The van der Waals surface area contributed by atoms with E-state index in [4.69, 9.17) is 21.7 Å². The lowest BCUT2D eigenvalue weighted by Crippen LogP contribution is -2.43. The van der Waals surface area contributed by atoms with Crippen LogP contribution in [-0.4, -0.2) is 40.8 Å². The van der Waals surface area contributed by atoms with Gasteiger partial charge in [0, 0.05) is 53.2 Å². The summed E-state index contributed by atoms with van der Waals surface area (Å²) < 4.78 is 1.99. The molecule has 0 radical (unpaired) electrons.